The van der Waals surface area contributed by atoms with E-state index in [-0.39, 0.29) is 0 Å². The first-order valence-electron chi connectivity index (χ1n) is 6.60. The lowest BCUT2D eigenvalue weighted by Crippen LogP contribution is -1.97. The van der Waals surface area contributed by atoms with Crippen LogP contribution in [0.2, 0.25) is 0 Å². The molecule has 0 unspecified atom stereocenters. The predicted molar refractivity (Wildman–Crippen MR) is 80.5 cm³/mol. The Morgan fingerprint density at radius 3 is 2.50 bits per heavy atom. The number of rotatable bonds is 4. The number of aryl methyl sites for hydroxylation is 1. The van der Waals surface area contributed by atoms with Crippen LogP contribution in [0.15, 0.2) is 30.3 Å². The van der Waals surface area contributed by atoms with E-state index in [0.29, 0.717) is 23.4 Å². The molecule has 0 aliphatic heterocycles. The first kappa shape index (κ1) is 14.2. The van der Waals surface area contributed by atoms with Crippen LogP contribution in [0.4, 0.5) is 5.69 Å². The molecule has 0 amide bonds. The third kappa shape index (κ3) is 3.02. The molecule has 0 atom stereocenters. The number of anilines is 1. The quantitative estimate of drug-likeness (QED) is 0.917. The van der Waals surface area contributed by atoms with Gasteiger partial charge in [-0.2, -0.15) is 4.98 Å². The van der Waals surface area contributed by atoms with Crippen LogP contribution in [0, 0.1) is 6.92 Å². The average Bonchev–Trinajstić information content (AvgIpc) is 2.40. The topological polar surface area (TPSA) is 57.4 Å². The second-order valence-electron chi connectivity index (χ2n) is 5.02. The van der Waals surface area contributed by atoms with Crippen molar-refractivity contribution in [1.82, 2.24) is 4.98 Å². The van der Waals surface area contributed by atoms with E-state index >= 15 is 0 Å². The number of hydrogen-bond donors (Lipinski definition) is 1. The van der Waals surface area contributed by atoms with Crippen molar-refractivity contribution in [3.63, 3.8) is 0 Å². The first-order valence-corrected chi connectivity index (χ1v) is 6.60. The van der Waals surface area contributed by atoms with Crippen molar-refractivity contribution < 1.29 is 9.47 Å². The molecule has 1 heterocycles. The van der Waals surface area contributed by atoms with Crippen LogP contribution in [0.25, 0.3) is 0 Å². The molecule has 1 aromatic heterocycles. The third-order valence-corrected chi connectivity index (χ3v) is 3.14. The van der Waals surface area contributed by atoms with Gasteiger partial charge >= 0.3 is 0 Å². The molecule has 4 heteroatoms. The summed E-state index contributed by atoms with van der Waals surface area (Å²) < 4.78 is 10.8. The summed E-state index contributed by atoms with van der Waals surface area (Å²) in [6.07, 6.45) is 0. The molecule has 0 bridgehead atoms. The number of benzene rings is 1. The normalized spacial score (nSPS) is 10.7. The van der Waals surface area contributed by atoms with Gasteiger partial charge in [0.05, 0.1) is 12.8 Å². The van der Waals surface area contributed by atoms with Gasteiger partial charge in [-0.1, -0.05) is 19.9 Å². The van der Waals surface area contributed by atoms with Gasteiger partial charge in [-0.05, 0) is 42.2 Å². The van der Waals surface area contributed by atoms with Crippen molar-refractivity contribution >= 4 is 5.69 Å². The lowest BCUT2D eigenvalue weighted by molar-refractivity contribution is 0.385. The van der Waals surface area contributed by atoms with Crippen molar-refractivity contribution in [3.8, 4) is 17.5 Å². The van der Waals surface area contributed by atoms with Gasteiger partial charge in [0.1, 0.15) is 5.75 Å². The third-order valence-electron chi connectivity index (χ3n) is 3.14. The standard InChI is InChI=1S/C16H20N2O2/c1-10(2)13-6-5-12(9-11(13)3)20-15-8-7-14(17)16(18-15)19-4/h5-10H,17H2,1-4H3. The van der Waals surface area contributed by atoms with Gasteiger partial charge in [-0.15, -0.1) is 0 Å². The fourth-order valence-corrected chi connectivity index (χ4v) is 2.13. The van der Waals surface area contributed by atoms with E-state index in [2.05, 4.69) is 31.8 Å². The number of nitrogen functional groups attached to an aromatic ring is 1. The summed E-state index contributed by atoms with van der Waals surface area (Å²) in [6.45, 7) is 6.43. The summed E-state index contributed by atoms with van der Waals surface area (Å²) >= 11 is 0. The lowest BCUT2D eigenvalue weighted by Gasteiger charge is -2.12. The minimum absolute atomic E-state index is 0.373. The van der Waals surface area contributed by atoms with Crippen molar-refractivity contribution in [3.05, 3.63) is 41.5 Å². The summed E-state index contributed by atoms with van der Waals surface area (Å²) in [5, 5.41) is 0. The van der Waals surface area contributed by atoms with E-state index in [9.17, 15) is 0 Å². The molecule has 0 fully saturated rings. The second kappa shape index (κ2) is 5.82. The molecule has 106 valence electrons. The number of ether oxygens (including phenoxy) is 2. The van der Waals surface area contributed by atoms with Gasteiger partial charge in [-0.3, -0.25) is 0 Å². The Morgan fingerprint density at radius 1 is 1.15 bits per heavy atom. The fourth-order valence-electron chi connectivity index (χ4n) is 2.13. The van der Waals surface area contributed by atoms with E-state index in [1.807, 2.05) is 12.1 Å². The Morgan fingerprint density at radius 2 is 1.90 bits per heavy atom. The lowest BCUT2D eigenvalue weighted by atomic mass is 9.98. The molecule has 0 aliphatic rings. The van der Waals surface area contributed by atoms with Crippen molar-refractivity contribution in [2.45, 2.75) is 26.7 Å². The minimum Gasteiger partial charge on any atom is -0.479 e. The summed E-state index contributed by atoms with van der Waals surface area (Å²) in [5.74, 6) is 2.09. The molecular weight excluding hydrogens is 252 g/mol. The number of hydrogen-bond acceptors (Lipinski definition) is 4. The number of nitrogens with two attached hydrogens (primary N) is 1. The zero-order chi connectivity index (χ0) is 14.7. The molecule has 0 saturated carbocycles. The largest absolute Gasteiger partial charge is 0.479 e. The molecule has 4 nitrogen and oxygen atoms in total. The molecule has 2 rings (SSSR count). The molecule has 0 radical (unpaired) electrons. The SMILES string of the molecule is COc1nc(Oc2ccc(C(C)C)c(C)c2)ccc1N. The molecule has 0 spiro atoms. The van der Waals surface area contributed by atoms with E-state index in [4.69, 9.17) is 15.2 Å². The molecular formula is C16H20N2O2. The highest BCUT2D eigenvalue weighted by Crippen LogP contribution is 2.28. The fraction of sp³-hybridized carbons (Fsp3) is 0.312. The van der Waals surface area contributed by atoms with Gasteiger partial charge < -0.3 is 15.2 Å². The van der Waals surface area contributed by atoms with Crippen LogP contribution in [0.1, 0.15) is 30.9 Å². The van der Waals surface area contributed by atoms with E-state index < -0.39 is 0 Å². The highest BCUT2D eigenvalue weighted by atomic mass is 16.5. The van der Waals surface area contributed by atoms with Crippen LogP contribution in [0.5, 0.6) is 17.5 Å². The highest BCUT2D eigenvalue weighted by Gasteiger charge is 2.08. The van der Waals surface area contributed by atoms with Crippen LogP contribution < -0.4 is 15.2 Å². The molecule has 2 N–H and O–H groups in total. The number of methoxy groups -OCH3 is 1. The van der Waals surface area contributed by atoms with Crippen LogP contribution in [-0.2, 0) is 0 Å². The van der Waals surface area contributed by atoms with E-state index in [0.717, 1.165) is 5.75 Å². The Labute approximate surface area is 119 Å². The molecule has 2 aromatic rings. The zero-order valence-corrected chi connectivity index (χ0v) is 12.3. The maximum atomic E-state index is 5.74. The van der Waals surface area contributed by atoms with Gasteiger partial charge in [0.2, 0.25) is 11.8 Å². The highest BCUT2D eigenvalue weighted by molar-refractivity contribution is 5.49. The maximum Gasteiger partial charge on any atom is 0.240 e. The van der Waals surface area contributed by atoms with Crippen LogP contribution in [0.3, 0.4) is 0 Å². The van der Waals surface area contributed by atoms with Crippen molar-refractivity contribution in [1.29, 1.82) is 0 Å². The van der Waals surface area contributed by atoms with Gasteiger partial charge in [0, 0.05) is 6.07 Å². The molecule has 20 heavy (non-hydrogen) atoms. The Balaban J connectivity index is 2.24. The first-order chi connectivity index (χ1) is 9.51. The van der Waals surface area contributed by atoms with Crippen LogP contribution in [-0.4, -0.2) is 12.1 Å². The van der Waals surface area contributed by atoms with E-state index in [1.165, 1.54) is 18.2 Å². The number of nitrogens with zero attached hydrogens (tertiary/aromatic N) is 1. The Bertz CT molecular complexity index is 609. The maximum absolute atomic E-state index is 5.74. The van der Waals surface area contributed by atoms with Gasteiger partial charge in [0.15, 0.2) is 0 Å². The van der Waals surface area contributed by atoms with Crippen molar-refractivity contribution in [2.75, 3.05) is 12.8 Å². The smallest absolute Gasteiger partial charge is 0.240 e. The Kier molecular flexibility index (Phi) is 4.13. The van der Waals surface area contributed by atoms with E-state index in [1.54, 1.807) is 12.1 Å². The van der Waals surface area contributed by atoms with Crippen LogP contribution >= 0.6 is 0 Å². The molecule has 0 aliphatic carbocycles. The average molecular weight is 272 g/mol. The number of aromatic nitrogens is 1. The minimum atomic E-state index is 0.373. The summed E-state index contributed by atoms with van der Waals surface area (Å²) in [6, 6.07) is 9.50. The van der Waals surface area contributed by atoms with Gasteiger partial charge in [0.25, 0.3) is 0 Å². The summed E-state index contributed by atoms with van der Waals surface area (Å²) in [4.78, 5) is 4.20. The predicted octanol–water partition coefficient (Wildman–Crippen LogP) is 3.90. The summed E-state index contributed by atoms with van der Waals surface area (Å²) in [7, 11) is 1.53. The number of pyridine rings is 1. The molecule has 0 saturated heterocycles. The van der Waals surface area contributed by atoms with Crippen molar-refractivity contribution in [2.24, 2.45) is 0 Å². The molecule has 1 aromatic carbocycles. The Hall–Kier alpha value is -2.23. The summed E-state index contributed by atoms with van der Waals surface area (Å²) in [5.41, 5.74) is 8.75. The monoisotopic (exact) mass is 272 g/mol. The van der Waals surface area contributed by atoms with Gasteiger partial charge in [-0.25, -0.2) is 0 Å². The second-order valence-corrected chi connectivity index (χ2v) is 5.02. The zero-order valence-electron chi connectivity index (χ0n) is 12.3.